The van der Waals surface area contributed by atoms with Crippen LogP contribution in [0.4, 0.5) is 0 Å². The van der Waals surface area contributed by atoms with Gasteiger partial charge in [0.25, 0.3) is 0 Å². The monoisotopic (exact) mass is 356 g/mol. The van der Waals surface area contributed by atoms with Crippen molar-refractivity contribution in [2.24, 2.45) is 5.92 Å². The SMILES string of the molecule is CCN(CC)CCOc1ccc(CNCC(C)C)cc1Br. The Hall–Kier alpha value is -0.580. The molecule has 1 N–H and O–H groups in total. The molecule has 4 heteroatoms. The highest BCUT2D eigenvalue weighted by Crippen LogP contribution is 2.26. The van der Waals surface area contributed by atoms with Gasteiger partial charge in [0.2, 0.25) is 0 Å². The molecule has 0 heterocycles. The lowest BCUT2D eigenvalue weighted by atomic mass is 10.2. The smallest absolute Gasteiger partial charge is 0.133 e. The summed E-state index contributed by atoms with van der Waals surface area (Å²) >= 11 is 3.60. The minimum Gasteiger partial charge on any atom is -0.491 e. The molecule has 21 heavy (non-hydrogen) atoms. The van der Waals surface area contributed by atoms with E-state index in [2.05, 4.69) is 72.0 Å². The van der Waals surface area contributed by atoms with Gasteiger partial charge in [0, 0.05) is 13.1 Å². The van der Waals surface area contributed by atoms with E-state index in [0.29, 0.717) is 5.92 Å². The lowest BCUT2D eigenvalue weighted by Gasteiger charge is -2.18. The molecule has 0 aliphatic heterocycles. The van der Waals surface area contributed by atoms with E-state index in [9.17, 15) is 0 Å². The molecule has 0 saturated heterocycles. The predicted molar refractivity (Wildman–Crippen MR) is 94.0 cm³/mol. The van der Waals surface area contributed by atoms with Gasteiger partial charge in [0.15, 0.2) is 0 Å². The first-order valence-electron chi connectivity index (χ1n) is 7.91. The number of rotatable bonds is 10. The molecule has 0 atom stereocenters. The number of ether oxygens (including phenoxy) is 1. The van der Waals surface area contributed by atoms with Crippen molar-refractivity contribution in [2.45, 2.75) is 34.2 Å². The summed E-state index contributed by atoms with van der Waals surface area (Å²) in [5, 5.41) is 3.45. The molecular weight excluding hydrogens is 328 g/mol. The third kappa shape index (κ3) is 7.30. The summed E-state index contributed by atoms with van der Waals surface area (Å²) in [6.07, 6.45) is 0. The highest BCUT2D eigenvalue weighted by molar-refractivity contribution is 9.10. The fraction of sp³-hybridized carbons (Fsp3) is 0.647. The Balaban J connectivity index is 2.43. The maximum absolute atomic E-state index is 5.86. The molecular formula is C17H29BrN2O. The molecule has 0 unspecified atom stereocenters. The van der Waals surface area contributed by atoms with Gasteiger partial charge >= 0.3 is 0 Å². The first-order valence-corrected chi connectivity index (χ1v) is 8.70. The summed E-state index contributed by atoms with van der Waals surface area (Å²) in [6.45, 7) is 14.6. The Kier molecular flexibility index (Phi) is 8.97. The molecule has 1 aromatic carbocycles. The molecule has 1 aromatic rings. The molecule has 120 valence electrons. The number of benzene rings is 1. The first-order chi connectivity index (χ1) is 10.1. The number of hydrogen-bond acceptors (Lipinski definition) is 3. The van der Waals surface area contributed by atoms with Crippen LogP contribution in [0, 0.1) is 5.92 Å². The zero-order chi connectivity index (χ0) is 15.7. The summed E-state index contributed by atoms with van der Waals surface area (Å²) < 4.78 is 6.89. The van der Waals surface area contributed by atoms with E-state index in [4.69, 9.17) is 4.74 Å². The number of nitrogens with zero attached hydrogens (tertiary/aromatic N) is 1. The van der Waals surface area contributed by atoms with E-state index in [1.54, 1.807) is 0 Å². The molecule has 0 bridgehead atoms. The van der Waals surface area contributed by atoms with E-state index in [1.165, 1.54) is 5.56 Å². The standard InChI is InChI=1S/C17H29BrN2O/c1-5-20(6-2)9-10-21-17-8-7-15(11-16(17)18)13-19-12-14(3)4/h7-8,11,14,19H,5-6,9-10,12-13H2,1-4H3. The molecule has 0 fully saturated rings. The van der Waals surface area contributed by atoms with Crippen molar-refractivity contribution in [3.05, 3.63) is 28.2 Å². The van der Waals surface area contributed by atoms with Crippen molar-refractivity contribution < 1.29 is 4.74 Å². The van der Waals surface area contributed by atoms with Crippen LogP contribution in [-0.4, -0.2) is 37.7 Å². The van der Waals surface area contributed by atoms with Crippen LogP contribution in [0.25, 0.3) is 0 Å². The van der Waals surface area contributed by atoms with E-state index in [0.717, 1.165) is 49.6 Å². The van der Waals surface area contributed by atoms with Crippen LogP contribution in [0.1, 0.15) is 33.3 Å². The van der Waals surface area contributed by atoms with Crippen LogP contribution in [0.3, 0.4) is 0 Å². The summed E-state index contributed by atoms with van der Waals surface area (Å²) in [4.78, 5) is 2.36. The maximum Gasteiger partial charge on any atom is 0.133 e. The van der Waals surface area contributed by atoms with E-state index in [1.807, 2.05) is 0 Å². The van der Waals surface area contributed by atoms with Crippen molar-refractivity contribution in [2.75, 3.05) is 32.8 Å². The zero-order valence-corrected chi connectivity index (χ0v) is 15.4. The van der Waals surface area contributed by atoms with E-state index >= 15 is 0 Å². The van der Waals surface area contributed by atoms with Gasteiger partial charge in [0.1, 0.15) is 12.4 Å². The van der Waals surface area contributed by atoms with Crippen LogP contribution < -0.4 is 10.1 Å². The minimum absolute atomic E-state index is 0.677. The average Bonchev–Trinajstić information content (AvgIpc) is 2.45. The Bertz CT molecular complexity index is 406. The predicted octanol–water partition coefficient (Wildman–Crippen LogP) is 3.92. The average molecular weight is 357 g/mol. The molecule has 0 aromatic heterocycles. The number of nitrogens with one attached hydrogen (secondary N) is 1. The van der Waals surface area contributed by atoms with Crippen molar-refractivity contribution in [1.29, 1.82) is 0 Å². The maximum atomic E-state index is 5.86. The second-order valence-corrected chi connectivity index (χ2v) is 6.52. The quantitative estimate of drug-likeness (QED) is 0.687. The van der Waals surface area contributed by atoms with Crippen molar-refractivity contribution in [3.63, 3.8) is 0 Å². The van der Waals surface area contributed by atoms with E-state index in [-0.39, 0.29) is 0 Å². The van der Waals surface area contributed by atoms with Crippen LogP contribution in [-0.2, 0) is 6.54 Å². The molecule has 0 aliphatic carbocycles. The van der Waals surface area contributed by atoms with Gasteiger partial charge in [-0.2, -0.15) is 0 Å². The minimum atomic E-state index is 0.677. The molecule has 0 aliphatic rings. The zero-order valence-electron chi connectivity index (χ0n) is 13.8. The van der Waals surface area contributed by atoms with Gasteiger partial charge in [-0.3, -0.25) is 0 Å². The van der Waals surface area contributed by atoms with E-state index < -0.39 is 0 Å². The molecule has 0 amide bonds. The Morgan fingerprint density at radius 3 is 2.52 bits per heavy atom. The second-order valence-electron chi connectivity index (χ2n) is 5.66. The normalized spacial score (nSPS) is 11.4. The third-order valence-electron chi connectivity index (χ3n) is 3.44. The fourth-order valence-corrected chi connectivity index (χ4v) is 2.64. The summed E-state index contributed by atoms with van der Waals surface area (Å²) in [5.41, 5.74) is 1.28. The van der Waals surface area contributed by atoms with Gasteiger partial charge < -0.3 is 15.0 Å². The number of hydrogen-bond donors (Lipinski definition) is 1. The molecule has 0 saturated carbocycles. The lowest BCUT2D eigenvalue weighted by Crippen LogP contribution is -2.27. The lowest BCUT2D eigenvalue weighted by molar-refractivity contribution is 0.222. The summed E-state index contributed by atoms with van der Waals surface area (Å²) in [7, 11) is 0. The molecule has 1 rings (SSSR count). The topological polar surface area (TPSA) is 24.5 Å². The van der Waals surface area contributed by atoms with Gasteiger partial charge in [-0.05, 0) is 59.2 Å². The second kappa shape index (κ2) is 10.2. The largest absolute Gasteiger partial charge is 0.491 e. The number of halogens is 1. The van der Waals surface area contributed by atoms with Crippen LogP contribution in [0.2, 0.25) is 0 Å². The summed E-state index contributed by atoms with van der Waals surface area (Å²) in [6, 6.07) is 6.32. The third-order valence-corrected chi connectivity index (χ3v) is 4.06. The Morgan fingerprint density at radius 2 is 1.95 bits per heavy atom. The Labute approximate surface area is 138 Å². The number of likely N-dealkylation sites (N-methyl/N-ethyl adjacent to an activating group) is 1. The highest BCUT2D eigenvalue weighted by atomic mass is 79.9. The van der Waals surface area contributed by atoms with Crippen LogP contribution >= 0.6 is 15.9 Å². The molecule has 3 nitrogen and oxygen atoms in total. The Morgan fingerprint density at radius 1 is 1.24 bits per heavy atom. The van der Waals surface area contributed by atoms with Crippen molar-refractivity contribution >= 4 is 15.9 Å². The van der Waals surface area contributed by atoms with Gasteiger partial charge in [0.05, 0.1) is 4.47 Å². The van der Waals surface area contributed by atoms with Gasteiger partial charge in [-0.1, -0.05) is 33.8 Å². The molecule has 0 radical (unpaired) electrons. The van der Waals surface area contributed by atoms with Gasteiger partial charge in [-0.15, -0.1) is 0 Å². The highest BCUT2D eigenvalue weighted by Gasteiger charge is 2.05. The van der Waals surface area contributed by atoms with Crippen LogP contribution in [0.15, 0.2) is 22.7 Å². The first kappa shape index (κ1) is 18.5. The molecule has 0 spiro atoms. The van der Waals surface area contributed by atoms with Crippen molar-refractivity contribution in [3.8, 4) is 5.75 Å². The van der Waals surface area contributed by atoms with Crippen molar-refractivity contribution in [1.82, 2.24) is 10.2 Å². The summed E-state index contributed by atoms with van der Waals surface area (Å²) in [5.74, 6) is 1.60. The van der Waals surface area contributed by atoms with Gasteiger partial charge in [-0.25, -0.2) is 0 Å². The van der Waals surface area contributed by atoms with Crippen LogP contribution in [0.5, 0.6) is 5.75 Å². The fourth-order valence-electron chi connectivity index (χ4n) is 2.10.